The third-order valence-corrected chi connectivity index (χ3v) is 12.2. The summed E-state index contributed by atoms with van der Waals surface area (Å²) in [5.74, 6) is -0.185. The molecule has 2 atom stereocenters. The molecule has 12 nitrogen and oxygen atoms in total. The lowest BCUT2D eigenvalue weighted by molar-refractivity contribution is 0.186. The number of nitrogens with zero attached hydrogens (tertiary/aromatic N) is 7. The van der Waals surface area contributed by atoms with E-state index in [9.17, 15) is 13.2 Å². The van der Waals surface area contributed by atoms with Gasteiger partial charge in [-0.1, -0.05) is 6.42 Å². The normalized spacial score (nSPS) is 19.1. The van der Waals surface area contributed by atoms with Gasteiger partial charge in [0.05, 0.1) is 17.1 Å². The monoisotopic (exact) mass is 689 g/mol. The predicted molar refractivity (Wildman–Crippen MR) is 183 cm³/mol. The van der Waals surface area contributed by atoms with Gasteiger partial charge in [-0.25, -0.2) is 17.8 Å². The molecule has 2 unspecified atom stereocenters. The number of aromatic nitrogens is 5. The molecule has 5 aromatic rings. The van der Waals surface area contributed by atoms with Gasteiger partial charge in [0.2, 0.25) is 15.8 Å². The Bertz CT molecular complexity index is 2120. The Morgan fingerprint density at radius 3 is 2.71 bits per heavy atom. The number of benzene rings is 1. The van der Waals surface area contributed by atoms with Gasteiger partial charge in [0.1, 0.15) is 15.7 Å². The van der Waals surface area contributed by atoms with Gasteiger partial charge in [-0.3, -0.25) is 19.2 Å². The summed E-state index contributed by atoms with van der Waals surface area (Å²) in [5, 5.41) is 7.09. The summed E-state index contributed by atoms with van der Waals surface area (Å²) in [4.78, 5) is 31.8. The average molecular weight is 690 g/mol. The summed E-state index contributed by atoms with van der Waals surface area (Å²) in [6, 6.07) is 9.81. The van der Waals surface area contributed by atoms with Gasteiger partial charge < -0.3 is 15.5 Å². The first kappa shape index (κ1) is 32.2. The molecule has 0 aliphatic carbocycles. The Balaban J connectivity index is 1.28. The zero-order valence-corrected chi connectivity index (χ0v) is 28.3. The number of sulfone groups is 1. The van der Waals surface area contributed by atoms with E-state index in [1.165, 1.54) is 41.4 Å². The maximum absolute atomic E-state index is 15.3. The van der Waals surface area contributed by atoms with E-state index in [0.29, 0.717) is 46.6 Å². The van der Waals surface area contributed by atoms with Gasteiger partial charge in [0, 0.05) is 78.7 Å². The third-order valence-electron chi connectivity index (χ3n) is 9.04. The summed E-state index contributed by atoms with van der Waals surface area (Å²) in [7, 11) is -1.90. The maximum atomic E-state index is 15.3. The van der Waals surface area contributed by atoms with Gasteiger partial charge in [-0.15, -0.1) is 0 Å². The van der Waals surface area contributed by atoms with Crippen LogP contribution in [0, 0.1) is 5.82 Å². The van der Waals surface area contributed by atoms with Crippen molar-refractivity contribution in [3.05, 3.63) is 88.5 Å². The van der Waals surface area contributed by atoms with Crippen molar-refractivity contribution in [3.8, 4) is 0 Å². The molecular formula is C33H36FN9O3S2. The highest BCUT2D eigenvalue weighted by Gasteiger charge is 2.28. The zero-order valence-electron chi connectivity index (χ0n) is 26.6. The Hall–Kier alpha value is -4.31. The molecule has 7 rings (SSSR count). The second-order valence-corrected chi connectivity index (χ2v) is 15.3. The van der Waals surface area contributed by atoms with Crippen molar-refractivity contribution in [2.45, 2.75) is 53.9 Å². The molecule has 0 bridgehead atoms. The number of fused-ring (bicyclic) bond motifs is 1. The number of hydrogen-bond donors (Lipinski definition) is 2. The lowest BCUT2D eigenvalue weighted by Crippen LogP contribution is -2.49. The van der Waals surface area contributed by atoms with Crippen molar-refractivity contribution in [3.63, 3.8) is 0 Å². The van der Waals surface area contributed by atoms with Crippen molar-refractivity contribution >= 4 is 49.7 Å². The van der Waals surface area contributed by atoms with Crippen molar-refractivity contribution in [1.82, 2.24) is 34.1 Å². The largest absolute Gasteiger partial charge is 0.366 e. The van der Waals surface area contributed by atoms with E-state index in [0.717, 1.165) is 43.9 Å². The van der Waals surface area contributed by atoms with Crippen LogP contribution in [0.5, 0.6) is 0 Å². The molecule has 250 valence electrons. The quantitative estimate of drug-likeness (QED) is 0.240. The van der Waals surface area contributed by atoms with E-state index < -0.39 is 9.84 Å². The molecule has 0 radical (unpaired) electrons. The van der Waals surface area contributed by atoms with Crippen molar-refractivity contribution < 1.29 is 12.8 Å². The molecule has 0 spiro atoms. The first-order valence-corrected chi connectivity index (χ1v) is 18.2. The van der Waals surface area contributed by atoms with E-state index in [1.807, 2.05) is 18.0 Å². The summed E-state index contributed by atoms with van der Waals surface area (Å²) in [6.45, 7) is 5.07. The summed E-state index contributed by atoms with van der Waals surface area (Å²) in [5.41, 5.74) is 2.04. The van der Waals surface area contributed by atoms with E-state index in [4.69, 9.17) is 4.98 Å². The van der Waals surface area contributed by atoms with Crippen LogP contribution in [0.25, 0.3) is 11.0 Å². The average Bonchev–Trinajstić information content (AvgIpc) is 3.56. The van der Waals surface area contributed by atoms with Crippen molar-refractivity contribution in [1.29, 1.82) is 0 Å². The fourth-order valence-corrected chi connectivity index (χ4v) is 9.06. The van der Waals surface area contributed by atoms with E-state index in [-0.39, 0.29) is 45.1 Å². The van der Waals surface area contributed by atoms with Crippen LogP contribution in [0.2, 0.25) is 0 Å². The van der Waals surface area contributed by atoms with Crippen LogP contribution < -0.4 is 21.1 Å². The molecule has 2 N–H and O–H groups in total. The molecule has 2 aliphatic rings. The molecular weight excluding hydrogens is 654 g/mol. The fourth-order valence-electron chi connectivity index (χ4n) is 6.59. The summed E-state index contributed by atoms with van der Waals surface area (Å²) >= 11 is 0.863. The second-order valence-electron chi connectivity index (χ2n) is 12.4. The number of piperazine rings is 1. The van der Waals surface area contributed by atoms with Crippen LogP contribution in [-0.2, 0) is 16.4 Å². The maximum Gasteiger partial charge on any atom is 0.257 e. The van der Waals surface area contributed by atoms with E-state index in [2.05, 4.69) is 36.8 Å². The lowest BCUT2D eigenvalue weighted by atomic mass is 9.96. The molecule has 0 amide bonds. The van der Waals surface area contributed by atoms with Crippen LogP contribution in [-0.4, -0.2) is 76.5 Å². The molecule has 2 saturated heterocycles. The Kier molecular flexibility index (Phi) is 8.94. The Labute approximate surface area is 281 Å². The predicted octanol–water partition coefficient (Wildman–Crippen LogP) is 4.36. The molecule has 4 aromatic heterocycles. The van der Waals surface area contributed by atoms with Gasteiger partial charge >= 0.3 is 0 Å². The Morgan fingerprint density at radius 2 is 1.94 bits per heavy atom. The number of pyridine rings is 2. The highest BCUT2D eigenvalue weighted by atomic mass is 32.2. The molecule has 6 heterocycles. The van der Waals surface area contributed by atoms with Crippen LogP contribution in [0.15, 0.2) is 75.1 Å². The molecule has 2 fully saturated rings. The summed E-state index contributed by atoms with van der Waals surface area (Å²) in [6.07, 6.45) is 8.85. The number of anilines is 3. The number of halogens is 1. The smallest absolute Gasteiger partial charge is 0.257 e. The zero-order chi connectivity index (χ0) is 33.4. The minimum atomic E-state index is -3.91. The number of piperidine rings is 1. The second kappa shape index (κ2) is 13.3. The van der Waals surface area contributed by atoms with Gasteiger partial charge in [-0.05, 0) is 81.3 Å². The molecule has 15 heteroatoms. The molecule has 1 aromatic carbocycles. The topological polar surface area (TPSA) is 138 Å². The van der Waals surface area contributed by atoms with Gasteiger partial charge in [0.15, 0.2) is 0 Å². The fraction of sp³-hybridized carbons (Fsp3) is 0.364. The minimum absolute atomic E-state index is 0.0517. The summed E-state index contributed by atoms with van der Waals surface area (Å²) < 4.78 is 48.3. The highest BCUT2D eigenvalue weighted by Crippen LogP contribution is 2.32. The van der Waals surface area contributed by atoms with Gasteiger partial charge in [-0.2, -0.15) is 9.36 Å². The number of likely N-dealkylation sites (tertiary alicyclic amines) is 1. The number of hydrogen-bond acceptors (Lipinski definition) is 12. The minimum Gasteiger partial charge on any atom is -0.366 e. The van der Waals surface area contributed by atoms with Crippen LogP contribution in [0.1, 0.15) is 43.4 Å². The van der Waals surface area contributed by atoms with Crippen molar-refractivity contribution in [2.75, 3.05) is 43.4 Å². The van der Waals surface area contributed by atoms with E-state index in [1.54, 1.807) is 18.3 Å². The first-order chi connectivity index (χ1) is 23.2. The lowest BCUT2D eigenvalue weighted by Gasteiger charge is -2.33. The highest BCUT2D eigenvalue weighted by molar-refractivity contribution is 7.93. The SMILES string of the molecule is CC1CN(c2ccc(Nc3ncc4cc(C5CCCCN5C)c(=O)n(Cc5cnsc5S(=O)(=O)c5ccncc5)c4n3)cc2F)CCN1. The van der Waals surface area contributed by atoms with Gasteiger partial charge in [0.25, 0.3) is 5.56 Å². The first-order valence-electron chi connectivity index (χ1n) is 15.9. The standard InChI is InChI=1S/C33H36FN9O3S2/c1-21-19-42(14-12-36-21)29-7-6-24(16-27(29)34)39-33-37-17-22-15-26(28-5-3-4-13-41(28)2)31(44)43(30(22)40-33)20-23-18-38-47-32(23)48(45,46)25-8-10-35-11-9-25/h6-11,15-18,21,28,36H,3-5,12-14,19-20H2,1-2H3,(H,37,39,40). The van der Waals surface area contributed by atoms with Crippen LogP contribution in [0.3, 0.4) is 0 Å². The number of nitrogens with one attached hydrogen (secondary N) is 2. The van der Waals surface area contributed by atoms with E-state index >= 15 is 4.39 Å². The van der Waals surface area contributed by atoms with Crippen LogP contribution in [0.4, 0.5) is 21.7 Å². The molecule has 2 aliphatic heterocycles. The third kappa shape index (κ3) is 6.30. The van der Waals surface area contributed by atoms with Crippen LogP contribution >= 0.6 is 11.5 Å². The molecule has 0 saturated carbocycles. The number of rotatable bonds is 8. The molecule has 48 heavy (non-hydrogen) atoms. The Morgan fingerprint density at radius 1 is 1.10 bits per heavy atom. The van der Waals surface area contributed by atoms with Crippen molar-refractivity contribution in [2.24, 2.45) is 0 Å².